The van der Waals surface area contributed by atoms with Crippen LogP contribution in [0, 0.1) is 5.82 Å². The highest BCUT2D eigenvalue weighted by Crippen LogP contribution is 2.31. The molecule has 24 heavy (non-hydrogen) atoms. The SMILES string of the molecule is COc1cc2cc[n+](CCc3ccc(F)cc3)cc2cc1OC.[Cl-]. The van der Waals surface area contributed by atoms with E-state index in [-0.39, 0.29) is 18.2 Å². The summed E-state index contributed by atoms with van der Waals surface area (Å²) in [5, 5.41) is 2.19. The highest BCUT2D eigenvalue weighted by atomic mass is 35.5. The first-order chi connectivity index (χ1) is 11.2. The van der Waals surface area contributed by atoms with Crippen LogP contribution >= 0.6 is 0 Å². The first kappa shape index (κ1) is 18.0. The number of pyridine rings is 1. The van der Waals surface area contributed by atoms with Crippen molar-refractivity contribution in [2.45, 2.75) is 13.0 Å². The maximum atomic E-state index is 12.9. The Hall–Kier alpha value is -2.33. The predicted octanol–water partition coefficient (Wildman–Crippen LogP) is 0.530. The van der Waals surface area contributed by atoms with Gasteiger partial charge in [-0.2, -0.15) is 0 Å². The molecule has 0 bridgehead atoms. The molecule has 3 rings (SSSR count). The summed E-state index contributed by atoms with van der Waals surface area (Å²) in [6.07, 6.45) is 4.97. The van der Waals surface area contributed by atoms with E-state index in [2.05, 4.69) is 16.8 Å². The van der Waals surface area contributed by atoms with Crippen molar-refractivity contribution in [1.29, 1.82) is 0 Å². The van der Waals surface area contributed by atoms with E-state index in [4.69, 9.17) is 9.47 Å². The molecule has 0 radical (unpaired) electrons. The Balaban J connectivity index is 0.00000208. The Morgan fingerprint density at radius 1 is 0.917 bits per heavy atom. The molecule has 0 unspecified atom stereocenters. The zero-order chi connectivity index (χ0) is 16.2. The third kappa shape index (κ3) is 3.95. The lowest BCUT2D eigenvalue weighted by Gasteiger charge is -2.08. The molecule has 0 saturated carbocycles. The Bertz CT molecular complexity index is 821. The summed E-state index contributed by atoms with van der Waals surface area (Å²) >= 11 is 0. The van der Waals surface area contributed by atoms with Crippen molar-refractivity contribution in [3.63, 3.8) is 0 Å². The van der Waals surface area contributed by atoms with E-state index >= 15 is 0 Å². The van der Waals surface area contributed by atoms with Gasteiger partial charge in [0.1, 0.15) is 5.82 Å². The second-order valence-corrected chi connectivity index (χ2v) is 5.40. The number of benzene rings is 2. The van der Waals surface area contributed by atoms with E-state index in [1.54, 1.807) is 14.2 Å². The first-order valence-electron chi connectivity index (χ1n) is 7.49. The van der Waals surface area contributed by atoms with E-state index in [9.17, 15) is 4.39 Å². The molecule has 3 nitrogen and oxygen atoms in total. The molecule has 126 valence electrons. The lowest BCUT2D eigenvalue weighted by Crippen LogP contribution is -3.00. The van der Waals surface area contributed by atoms with E-state index < -0.39 is 0 Å². The van der Waals surface area contributed by atoms with Crippen LogP contribution in [0.15, 0.2) is 54.9 Å². The second kappa shape index (κ2) is 7.97. The molecule has 0 aliphatic carbocycles. The summed E-state index contributed by atoms with van der Waals surface area (Å²) in [6, 6.07) is 12.6. The summed E-state index contributed by atoms with van der Waals surface area (Å²) in [4.78, 5) is 0. The third-order valence-corrected chi connectivity index (χ3v) is 3.91. The Morgan fingerprint density at radius 2 is 1.54 bits per heavy atom. The van der Waals surface area contributed by atoms with Crippen LogP contribution in [-0.2, 0) is 13.0 Å². The van der Waals surface area contributed by atoms with Gasteiger partial charge in [-0.05, 0) is 35.2 Å². The molecule has 0 atom stereocenters. The van der Waals surface area contributed by atoms with E-state index in [0.29, 0.717) is 0 Å². The van der Waals surface area contributed by atoms with E-state index in [1.165, 1.54) is 12.1 Å². The highest BCUT2D eigenvalue weighted by molar-refractivity contribution is 5.84. The van der Waals surface area contributed by atoms with Crippen LogP contribution in [0.3, 0.4) is 0 Å². The number of methoxy groups -OCH3 is 2. The van der Waals surface area contributed by atoms with Crippen LogP contribution in [0.1, 0.15) is 5.56 Å². The van der Waals surface area contributed by atoms with Crippen molar-refractivity contribution >= 4 is 10.8 Å². The van der Waals surface area contributed by atoms with Gasteiger partial charge in [-0.15, -0.1) is 0 Å². The topological polar surface area (TPSA) is 22.3 Å². The molecule has 1 aromatic heterocycles. The van der Waals surface area contributed by atoms with Gasteiger partial charge < -0.3 is 21.9 Å². The average Bonchev–Trinajstić information content (AvgIpc) is 2.59. The van der Waals surface area contributed by atoms with Crippen molar-refractivity contribution in [2.24, 2.45) is 0 Å². The minimum atomic E-state index is -0.201. The highest BCUT2D eigenvalue weighted by Gasteiger charge is 2.09. The van der Waals surface area contributed by atoms with Gasteiger partial charge in [-0.1, -0.05) is 12.1 Å². The Morgan fingerprint density at radius 3 is 2.17 bits per heavy atom. The quantitative estimate of drug-likeness (QED) is 0.628. The minimum Gasteiger partial charge on any atom is -1.00 e. The molecular formula is C19H19ClFNO2. The molecule has 2 aromatic carbocycles. The molecule has 0 aliphatic rings. The number of nitrogens with zero attached hydrogens (tertiary/aromatic N) is 1. The van der Waals surface area contributed by atoms with Crippen molar-refractivity contribution in [2.75, 3.05) is 14.2 Å². The summed E-state index contributed by atoms with van der Waals surface area (Å²) in [5.74, 6) is 1.24. The van der Waals surface area contributed by atoms with Gasteiger partial charge in [-0.25, -0.2) is 8.96 Å². The van der Waals surface area contributed by atoms with Gasteiger partial charge in [0.2, 0.25) is 0 Å². The number of aryl methyl sites for hydroxylation is 2. The number of fused-ring (bicyclic) bond motifs is 1. The van der Waals surface area contributed by atoms with Crippen molar-refractivity contribution < 1.29 is 30.8 Å². The van der Waals surface area contributed by atoms with Gasteiger partial charge in [0.25, 0.3) is 0 Å². The van der Waals surface area contributed by atoms with E-state index in [0.717, 1.165) is 40.8 Å². The zero-order valence-corrected chi connectivity index (χ0v) is 14.4. The lowest BCUT2D eigenvalue weighted by molar-refractivity contribution is -0.695. The molecule has 0 saturated heterocycles. The zero-order valence-electron chi connectivity index (χ0n) is 13.6. The van der Waals surface area contributed by atoms with Crippen LogP contribution in [0.25, 0.3) is 10.8 Å². The second-order valence-electron chi connectivity index (χ2n) is 5.40. The monoisotopic (exact) mass is 347 g/mol. The first-order valence-corrected chi connectivity index (χ1v) is 7.49. The number of halogens is 2. The van der Waals surface area contributed by atoms with Crippen LogP contribution in [0.2, 0.25) is 0 Å². The van der Waals surface area contributed by atoms with Crippen LogP contribution in [-0.4, -0.2) is 14.2 Å². The molecule has 3 aromatic rings. The summed E-state index contributed by atoms with van der Waals surface area (Å²) in [6.45, 7) is 0.829. The van der Waals surface area contributed by atoms with Crippen molar-refractivity contribution in [3.8, 4) is 11.5 Å². The molecule has 0 spiro atoms. The van der Waals surface area contributed by atoms with Gasteiger partial charge in [-0.3, -0.25) is 0 Å². The molecular weight excluding hydrogens is 329 g/mol. The number of aromatic nitrogens is 1. The Labute approximate surface area is 147 Å². The maximum absolute atomic E-state index is 12.9. The van der Waals surface area contributed by atoms with Gasteiger partial charge in [0.15, 0.2) is 30.4 Å². The smallest absolute Gasteiger partial charge is 0.176 e. The van der Waals surface area contributed by atoms with Gasteiger partial charge in [0, 0.05) is 17.9 Å². The number of ether oxygens (including phenoxy) is 2. The predicted molar refractivity (Wildman–Crippen MR) is 87.4 cm³/mol. The summed E-state index contributed by atoms with van der Waals surface area (Å²) in [7, 11) is 3.27. The standard InChI is InChI=1S/C19H19FNO2.ClH/c1-22-18-11-15-8-10-21(13-16(15)12-19(18)23-2)9-7-14-3-5-17(20)6-4-14;/h3-6,8,10-13H,7,9H2,1-2H3;1H/q+1;/p-1. The normalized spacial score (nSPS) is 10.3. The molecule has 1 heterocycles. The fourth-order valence-corrected chi connectivity index (χ4v) is 2.61. The van der Waals surface area contributed by atoms with Crippen LogP contribution in [0.4, 0.5) is 4.39 Å². The third-order valence-electron chi connectivity index (χ3n) is 3.91. The molecule has 5 heteroatoms. The molecule has 0 N–H and O–H groups in total. The Kier molecular flexibility index (Phi) is 5.99. The fourth-order valence-electron chi connectivity index (χ4n) is 2.61. The van der Waals surface area contributed by atoms with Crippen molar-refractivity contribution in [1.82, 2.24) is 0 Å². The summed E-state index contributed by atoms with van der Waals surface area (Å²) < 4.78 is 25.7. The lowest BCUT2D eigenvalue weighted by atomic mass is 10.1. The number of hydrogen-bond donors (Lipinski definition) is 0. The number of hydrogen-bond acceptors (Lipinski definition) is 2. The minimum absolute atomic E-state index is 0. The van der Waals surface area contributed by atoms with Gasteiger partial charge in [0.05, 0.1) is 14.2 Å². The maximum Gasteiger partial charge on any atom is 0.176 e. The van der Waals surface area contributed by atoms with Crippen molar-refractivity contribution in [3.05, 3.63) is 66.2 Å². The largest absolute Gasteiger partial charge is 1.00 e. The van der Waals surface area contributed by atoms with E-state index in [1.807, 2.05) is 30.5 Å². The molecule has 0 amide bonds. The number of rotatable bonds is 5. The van der Waals surface area contributed by atoms with Crippen LogP contribution < -0.4 is 26.4 Å². The molecule has 0 fully saturated rings. The van der Waals surface area contributed by atoms with Gasteiger partial charge >= 0.3 is 0 Å². The fraction of sp³-hybridized carbons (Fsp3) is 0.211. The summed E-state index contributed by atoms with van der Waals surface area (Å²) in [5.41, 5.74) is 1.12. The average molecular weight is 348 g/mol. The van der Waals surface area contributed by atoms with Crippen LogP contribution in [0.5, 0.6) is 11.5 Å². The molecule has 0 aliphatic heterocycles.